The molecule has 0 fully saturated rings. The van der Waals surface area contributed by atoms with Crippen molar-refractivity contribution < 1.29 is 9.53 Å². The third-order valence-electron chi connectivity index (χ3n) is 5.30. The lowest BCUT2D eigenvalue weighted by atomic mass is 10.00. The molecular formula is C25H29N3O2. The maximum atomic E-state index is 13.0. The molecule has 0 radical (unpaired) electrons. The molecule has 1 heterocycles. The number of unbranched alkanes of at least 4 members (excludes halogenated alkanes) is 1. The van der Waals surface area contributed by atoms with Crippen molar-refractivity contribution in [2.45, 2.75) is 25.7 Å². The molecular weight excluding hydrogens is 374 g/mol. The van der Waals surface area contributed by atoms with Gasteiger partial charge in [0.15, 0.2) is 0 Å². The Labute approximate surface area is 179 Å². The Morgan fingerprint density at radius 1 is 1.30 bits per heavy atom. The lowest BCUT2D eigenvalue weighted by Gasteiger charge is -2.30. The van der Waals surface area contributed by atoms with Gasteiger partial charge in [-0.25, -0.2) is 0 Å². The molecule has 2 aromatic rings. The second-order valence-corrected chi connectivity index (χ2v) is 7.65. The van der Waals surface area contributed by atoms with Crippen molar-refractivity contribution in [2.75, 3.05) is 38.2 Å². The van der Waals surface area contributed by atoms with Crippen LogP contribution in [0, 0.1) is 11.3 Å². The third kappa shape index (κ3) is 5.49. The number of carbonyl (C=O) groups is 1. The van der Waals surface area contributed by atoms with E-state index in [2.05, 4.69) is 30.7 Å². The van der Waals surface area contributed by atoms with Crippen molar-refractivity contribution in [1.29, 1.82) is 5.26 Å². The van der Waals surface area contributed by atoms with Crippen LogP contribution in [0.1, 0.15) is 40.7 Å². The molecule has 0 saturated carbocycles. The van der Waals surface area contributed by atoms with Gasteiger partial charge in [-0.3, -0.25) is 4.79 Å². The minimum absolute atomic E-state index is 0.0645. The Bertz CT molecular complexity index is 932. The van der Waals surface area contributed by atoms with Crippen LogP contribution < -0.4 is 9.64 Å². The summed E-state index contributed by atoms with van der Waals surface area (Å²) in [7, 11) is 2.09. The number of hydrogen-bond donors (Lipinski definition) is 0. The summed E-state index contributed by atoms with van der Waals surface area (Å²) < 4.78 is 5.95. The first kappa shape index (κ1) is 21.6. The lowest BCUT2D eigenvalue weighted by molar-refractivity contribution is 0.0985. The number of anilines is 1. The normalized spacial score (nSPS) is 12.9. The van der Waals surface area contributed by atoms with Crippen molar-refractivity contribution >= 4 is 11.6 Å². The van der Waals surface area contributed by atoms with Gasteiger partial charge in [0.2, 0.25) is 0 Å². The van der Waals surface area contributed by atoms with Crippen molar-refractivity contribution in [3.63, 3.8) is 0 Å². The van der Waals surface area contributed by atoms with E-state index in [0.717, 1.165) is 55.8 Å². The van der Waals surface area contributed by atoms with E-state index in [-0.39, 0.29) is 5.91 Å². The van der Waals surface area contributed by atoms with Crippen LogP contribution in [-0.4, -0.2) is 44.1 Å². The van der Waals surface area contributed by atoms with Crippen LogP contribution in [0.2, 0.25) is 0 Å². The predicted molar refractivity (Wildman–Crippen MR) is 120 cm³/mol. The average Bonchev–Trinajstić information content (AvgIpc) is 2.78. The summed E-state index contributed by atoms with van der Waals surface area (Å²) in [6, 6.07) is 15.0. The fourth-order valence-corrected chi connectivity index (χ4v) is 3.74. The van der Waals surface area contributed by atoms with E-state index < -0.39 is 0 Å². The largest absolute Gasteiger partial charge is 0.494 e. The molecule has 5 nitrogen and oxygen atoms in total. The molecule has 2 aromatic carbocycles. The van der Waals surface area contributed by atoms with Gasteiger partial charge >= 0.3 is 0 Å². The molecule has 30 heavy (non-hydrogen) atoms. The summed E-state index contributed by atoms with van der Waals surface area (Å²) in [6.07, 6.45) is 5.84. The molecule has 0 N–H and O–H groups in total. The van der Waals surface area contributed by atoms with Crippen molar-refractivity contribution in [1.82, 2.24) is 4.90 Å². The third-order valence-corrected chi connectivity index (χ3v) is 5.30. The van der Waals surface area contributed by atoms with E-state index in [0.29, 0.717) is 24.3 Å². The van der Waals surface area contributed by atoms with Gasteiger partial charge < -0.3 is 14.5 Å². The number of nitriles is 1. The second-order valence-electron chi connectivity index (χ2n) is 7.65. The summed E-state index contributed by atoms with van der Waals surface area (Å²) in [5, 5.41) is 9.10. The Hall–Kier alpha value is -3.10. The maximum Gasteiger partial charge on any atom is 0.258 e. The van der Waals surface area contributed by atoms with E-state index in [4.69, 9.17) is 10.00 Å². The van der Waals surface area contributed by atoms with E-state index >= 15 is 0 Å². The minimum Gasteiger partial charge on any atom is -0.494 e. The van der Waals surface area contributed by atoms with Crippen molar-refractivity contribution in [3.05, 3.63) is 71.8 Å². The van der Waals surface area contributed by atoms with E-state index in [1.165, 1.54) is 0 Å². The highest BCUT2D eigenvalue weighted by Crippen LogP contribution is 2.31. The number of rotatable bonds is 9. The first-order valence-corrected chi connectivity index (χ1v) is 10.5. The summed E-state index contributed by atoms with van der Waals surface area (Å²) in [4.78, 5) is 17.1. The zero-order valence-corrected chi connectivity index (χ0v) is 17.6. The number of benzene rings is 2. The Morgan fingerprint density at radius 2 is 2.17 bits per heavy atom. The standard InChI is InChI=1S/C25H29N3O2/c1-3-13-27(2)14-4-5-16-30-23-11-12-24-21(18-23)10-7-15-28(24)25(29)22-9-6-8-20(17-22)19-26/h3,6,8-9,11-12,17-18H,1,4-5,7,10,13-16H2,2H3. The first-order valence-electron chi connectivity index (χ1n) is 10.5. The SMILES string of the molecule is C=CCN(C)CCCCOc1ccc2c(c1)CCCN2C(=O)c1cccc(C#N)c1. The first-order chi connectivity index (χ1) is 14.6. The number of aryl methyl sites for hydroxylation is 1. The average molecular weight is 404 g/mol. The van der Waals surface area contributed by atoms with Crippen LogP contribution >= 0.6 is 0 Å². The van der Waals surface area contributed by atoms with Gasteiger partial charge in [0.1, 0.15) is 5.75 Å². The zero-order chi connectivity index (χ0) is 21.3. The van der Waals surface area contributed by atoms with E-state index in [1.807, 2.05) is 23.1 Å². The number of nitrogens with zero attached hydrogens (tertiary/aromatic N) is 3. The summed E-state index contributed by atoms with van der Waals surface area (Å²) >= 11 is 0. The van der Waals surface area contributed by atoms with Crippen LogP contribution in [0.4, 0.5) is 5.69 Å². The molecule has 1 aliphatic rings. The van der Waals surface area contributed by atoms with Crippen molar-refractivity contribution in [2.24, 2.45) is 0 Å². The van der Waals surface area contributed by atoms with E-state index in [1.54, 1.807) is 24.3 Å². The van der Waals surface area contributed by atoms with Gasteiger partial charge in [-0.1, -0.05) is 12.1 Å². The molecule has 0 bridgehead atoms. The van der Waals surface area contributed by atoms with Gasteiger partial charge in [0, 0.05) is 24.3 Å². The number of fused-ring (bicyclic) bond motifs is 1. The van der Waals surface area contributed by atoms with Gasteiger partial charge in [-0.15, -0.1) is 6.58 Å². The predicted octanol–water partition coefficient (Wildman–Crippen LogP) is 4.43. The molecule has 0 atom stereocenters. The molecule has 0 aliphatic carbocycles. The molecule has 0 saturated heterocycles. The molecule has 1 aliphatic heterocycles. The number of amides is 1. The summed E-state index contributed by atoms with van der Waals surface area (Å²) in [5.41, 5.74) is 3.11. The number of hydrogen-bond acceptors (Lipinski definition) is 4. The van der Waals surface area contributed by atoms with Crippen LogP contribution in [-0.2, 0) is 6.42 Å². The smallest absolute Gasteiger partial charge is 0.258 e. The molecule has 1 amide bonds. The molecule has 5 heteroatoms. The zero-order valence-electron chi connectivity index (χ0n) is 17.6. The topological polar surface area (TPSA) is 56.6 Å². The number of likely N-dealkylation sites (N-methyl/N-ethyl adjacent to an activating group) is 1. The van der Waals surface area contributed by atoms with E-state index in [9.17, 15) is 4.79 Å². The summed E-state index contributed by atoms with van der Waals surface area (Å²) in [5.74, 6) is 0.791. The highest BCUT2D eigenvalue weighted by atomic mass is 16.5. The van der Waals surface area contributed by atoms with Gasteiger partial charge in [-0.05, 0) is 81.2 Å². The molecule has 156 valence electrons. The molecule has 0 aromatic heterocycles. The highest BCUT2D eigenvalue weighted by Gasteiger charge is 2.24. The van der Waals surface area contributed by atoms with Crippen LogP contribution in [0.5, 0.6) is 5.75 Å². The number of ether oxygens (including phenoxy) is 1. The lowest BCUT2D eigenvalue weighted by Crippen LogP contribution is -2.35. The Balaban J connectivity index is 1.61. The molecule has 0 unspecified atom stereocenters. The maximum absolute atomic E-state index is 13.0. The van der Waals surface area contributed by atoms with Gasteiger partial charge in [-0.2, -0.15) is 5.26 Å². The Morgan fingerprint density at radius 3 is 2.97 bits per heavy atom. The monoisotopic (exact) mass is 403 g/mol. The fraction of sp³-hybridized carbons (Fsp3) is 0.360. The van der Waals surface area contributed by atoms with Gasteiger partial charge in [0.25, 0.3) is 5.91 Å². The van der Waals surface area contributed by atoms with Gasteiger partial charge in [0.05, 0.1) is 18.2 Å². The quantitative estimate of drug-likeness (QED) is 0.459. The van der Waals surface area contributed by atoms with Crippen molar-refractivity contribution in [3.8, 4) is 11.8 Å². The minimum atomic E-state index is -0.0645. The van der Waals surface area contributed by atoms with Crippen LogP contribution in [0.25, 0.3) is 0 Å². The summed E-state index contributed by atoms with van der Waals surface area (Å²) in [6.45, 7) is 7.06. The number of carbonyl (C=O) groups excluding carboxylic acids is 1. The molecule has 0 spiro atoms. The highest BCUT2D eigenvalue weighted by molar-refractivity contribution is 6.07. The Kier molecular flexibility index (Phi) is 7.64. The van der Waals surface area contributed by atoms with Crippen LogP contribution in [0.3, 0.4) is 0 Å². The van der Waals surface area contributed by atoms with Crippen LogP contribution in [0.15, 0.2) is 55.1 Å². The second kappa shape index (κ2) is 10.6. The fourth-order valence-electron chi connectivity index (χ4n) is 3.74. The molecule has 3 rings (SSSR count).